The molecule has 0 aromatic carbocycles. The van der Waals surface area contributed by atoms with Gasteiger partial charge in [-0.15, -0.1) is 20.2 Å². The Morgan fingerprint density at radius 2 is 1.90 bits per heavy atom. The molecule has 0 aliphatic carbocycles. The van der Waals surface area contributed by atoms with E-state index in [9.17, 15) is 25.0 Å². The minimum atomic E-state index is -1.08. The van der Waals surface area contributed by atoms with Crippen LogP contribution in [0, 0.1) is 20.2 Å². The first-order valence-corrected chi connectivity index (χ1v) is 6.20. The maximum Gasteiger partial charge on any atom is 0.306 e. The molecule has 0 saturated carbocycles. The monoisotopic (exact) mass is 314 g/mol. The van der Waals surface area contributed by atoms with Gasteiger partial charge in [-0.2, -0.15) is 0 Å². The van der Waals surface area contributed by atoms with Gasteiger partial charge in [-0.05, 0) is 19.3 Å². The highest BCUT2D eigenvalue weighted by Gasteiger charge is 2.17. The van der Waals surface area contributed by atoms with E-state index in [2.05, 4.69) is 9.68 Å². The number of nitrogens with zero attached hydrogens (tertiary/aromatic N) is 2. The number of halogens is 1. The second kappa shape index (κ2) is 10.0. The summed E-state index contributed by atoms with van der Waals surface area (Å²) in [5, 5.41) is 18.1. The number of hydrogen-bond acceptors (Lipinski definition) is 8. The van der Waals surface area contributed by atoms with Crippen molar-refractivity contribution in [2.45, 2.75) is 44.3 Å². The lowest BCUT2D eigenvalue weighted by Crippen LogP contribution is -2.25. The number of ether oxygens (including phenoxy) is 1. The van der Waals surface area contributed by atoms with Crippen LogP contribution in [-0.4, -0.2) is 34.4 Å². The van der Waals surface area contributed by atoms with Gasteiger partial charge >= 0.3 is 5.97 Å². The Hall–Kier alpha value is -1.84. The fraction of sp³-hybridized carbons (Fsp3) is 0.889. The topological polar surface area (TPSA) is 131 Å². The molecule has 20 heavy (non-hydrogen) atoms. The molecule has 0 unspecified atom stereocenters. The molecule has 0 aromatic heterocycles. The summed E-state index contributed by atoms with van der Waals surface area (Å²) < 4.78 is 4.77. The molecule has 0 bridgehead atoms. The molecule has 0 radical (unpaired) electrons. The molecular weight excluding hydrogens is 300 g/mol. The molecule has 11 heteroatoms. The summed E-state index contributed by atoms with van der Waals surface area (Å²) in [7, 11) is 0. The minimum absolute atomic E-state index is 0.0989. The van der Waals surface area contributed by atoms with Crippen LogP contribution in [0.2, 0.25) is 0 Å². The van der Waals surface area contributed by atoms with E-state index in [1.165, 1.54) is 0 Å². The molecule has 0 aliphatic rings. The fourth-order valence-corrected chi connectivity index (χ4v) is 1.48. The van der Waals surface area contributed by atoms with Crippen molar-refractivity contribution in [3.05, 3.63) is 20.2 Å². The summed E-state index contributed by atoms with van der Waals surface area (Å²) in [6.07, 6.45) is -0.246. The molecule has 0 aromatic rings. The average Bonchev–Trinajstić information content (AvgIpc) is 2.34. The Balaban J connectivity index is 4.02. The largest absolute Gasteiger partial charge is 0.446 e. The van der Waals surface area contributed by atoms with Gasteiger partial charge in [0.25, 0.3) is 10.2 Å². The summed E-state index contributed by atoms with van der Waals surface area (Å²) in [6.45, 7) is 1.05. The third-order valence-corrected chi connectivity index (χ3v) is 2.41. The zero-order valence-corrected chi connectivity index (χ0v) is 11.5. The van der Waals surface area contributed by atoms with Crippen LogP contribution in [0.4, 0.5) is 0 Å². The van der Waals surface area contributed by atoms with Crippen LogP contribution in [0.5, 0.6) is 0 Å². The second-order valence-electron chi connectivity index (χ2n) is 3.65. The minimum Gasteiger partial charge on any atom is -0.446 e. The number of hydrogen-bond donors (Lipinski definition) is 0. The van der Waals surface area contributed by atoms with Gasteiger partial charge in [-0.1, -0.05) is 18.5 Å². The first kappa shape index (κ1) is 18.2. The lowest BCUT2D eigenvalue weighted by Gasteiger charge is -2.15. The molecule has 0 amide bonds. The van der Waals surface area contributed by atoms with Gasteiger partial charge in [0.05, 0.1) is 0 Å². The van der Waals surface area contributed by atoms with Gasteiger partial charge in [0, 0.05) is 6.42 Å². The van der Waals surface area contributed by atoms with E-state index in [-0.39, 0.29) is 19.3 Å². The summed E-state index contributed by atoms with van der Waals surface area (Å²) >= 11 is 5.71. The predicted octanol–water partition coefficient (Wildman–Crippen LogP) is 1.46. The Labute approximate surface area is 119 Å². The molecule has 0 fully saturated rings. The third-order valence-electron chi connectivity index (χ3n) is 2.11. The van der Waals surface area contributed by atoms with Crippen molar-refractivity contribution in [3.8, 4) is 0 Å². The molecule has 116 valence electrons. The number of esters is 1. The molecule has 0 N–H and O–H groups in total. The maximum atomic E-state index is 10.9. The van der Waals surface area contributed by atoms with Crippen LogP contribution in [0.1, 0.15) is 32.6 Å². The van der Waals surface area contributed by atoms with Gasteiger partial charge in [0.15, 0.2) is 5.56 Å². The summed E-state index contributed by atoms with van der Waals surface area (Å²) in [5.74, 6) is -0.459. The fourth-order valence-electron chi connectivity index (χ4n) is 1.22. The van der Waals surface area contributed by atoms with Crippen LogP contribution in [0.15, 0.2) is 0 Å². The van der Waals surface area contributed by atoms with Crippen molar-refractivity contribution in [2.75, 3.05) is 6.61 Å². The first-order chi connectivity index (χ1) is 9.35. The lowest BCUT2D eigenvalue weighted by molar-refractivity contribution is -0.790. The van der Waals surface area contributed by atoms with Crippen LogP contribution < -0.4 is 0 Å². The molecule has 0 aliphatic heterocycles. The van der Waals surface area contributed by atoms with Crippen molar-refractivity contribution >= 4 is 17.6 Å². The lowest BCUT2D eigenvalue weighted by atomic mass is 10.1. The standard InChI is InChI=1S/C9H15ClN2O8/c1-2-9(13)19-8(10)5-3-4-7(20-12(16)17)6-18-11(14)15/h7-8H,2-6H2,1H3/t7-,8+/m1/s1. The molecule has 2 atom stereocenters. The smallest absolute Gasteiger partial charge is 0.306 e. The predicted molar refractivity (Wildman–Crippen MR) is 64.7 cm³/mol. The van der Waals surface area contributed by atoms with E-state index in [0.717, 1.165) is 0 Å². The van der Waals surface area contributed by atoms with E-state index >= 15 is 0 Å². The highest BCUT2D eigenvalue weighted by molar-refractivity contribution is 6.20. The third kappa shape index (κ3) is 10.1. The zero-order valence-electron chi connectivity index (χ0n) is 10.7. The highest BCUT2D eigenvalue weighted by atomic mass is 35.5. The van der Waals surface area contributed by atoms with Gasteiger partial charge in [0.1, 0.15) is 12.7 Å². The Morgan fingerprint density at radius 1 is 1.25 bits per heavy atom. The van der Waals surface area contributed by atoms with E-state index in [4.69, 9.17) is 16.3 Å². The van der Waals surface area contributed by atoms with Crippen molar-refractivity contribution in [1.82, 2.24) is 0 Å². The number of carbonyl (C=O) groups is 1. The zero-order chi connectivity index (χ0) is 15.5. The van der Waals surface area contributed by atoms with Crippen molar-refractivity contribution in [3.63, 3.8) is 0 Å². The molecule has 10 nitrogen and oxygen atoms in total. The van der Waals surface area contributed by atoms with E-state index in [1.54, 1.807) is 6.92 Å². The Morgan fingerprint density at radius 3 is 2.40 bits per heavy atom. The molecular formula is C9H15ClN2O8. The molecule has 0 saturated heterocycles. The van der Waals surface area contributed by atoms with Gasteiger partial charge in [-0.25, -0.2) is 0 Å². The van der Waals surface area contributed by atoms with E-state index < -0.39 is 34.4 Å². The van der Waals surface area contributed by atoms with Crippen molar-refractivity contribution < 1.29 is 29.4 Å². The SMILES string of the molecule is CCC(=O)O[C@H](Cl)CCC[C@H](CO[N+](=O)[O-])O[N+](=O)[O-]. The highest BCUT2D eigenvalue weighted by Crippen LogP contribution is 2.13. The van der Waals surface area contributed by atoms with Crippen LogP contribution in [0.25, 0.3) is 0 Å². The molecule has 0 spiro atoms. The van der Waals surface area contributed by atoms with Gasteiger partial charge in [-0.3, -0.25) is 4.79 Å². The number of carbonyl (C=O) groups excluding carboxylic acids is 1. The molecule has 0 heterocycles. The Bertz CT molecular complexity index is 340. The van der Waals surface area contributed by atoms with Crippen molar-refractivity contribution in [1.29, 1.82) is 0 Å². The van der Waals surface area contributed by atoms with Crippen LogP contribution in [0.3, 0.4) is 0 Å². The average molecular weight is 315 g/mol. The molecule has 0 rings (SSSR count). The summed E-state index contributed by atoms with van der Waals surface area (Å²) in [4.78, 5) is 39.4. The van der Waals surface area contributed by atoms with Gasteiger partial charge in [0.2, 0.25) is 0 Å². The maximum absolute atomic E-state index is 10.9. The van der Waals surface area contributed by atoms with E-state index in [1.807, 2.05) is 0 Å². The number of alkyl halides is 1. The summed E-state index contributed by atoms with van der Waals surface area (Å²) in [5.41, 5.74) is -0.852. The quantitative estimate of drug-likeness (QED) is 0.242. The van der Waals surface area contributed by atoms with E-state index in [0.29, 0.717) is 6.42 Å². The Kier molecular flexibility index (Phi) is 9.09. The van der Waals surface area contributed by atoms with Crippen LogP contribution in [-0.2, 0) is 19.2 Å². The second-order valence-corrected chi connectivity index (χ2v) is 4.14. The van der Waals surface area contributed by atoms with Crippen molar-refractivity contribution in [2.24, 2.45) is 0 Å². The van der Waals surface area contributed by atoms with Gasteiger partial charge < -0.3 is 14.4 Å². The number of rotatable bonds is 11. The normalized spacial score (nSPS) is 13.1. The summed E-state index contributed by atoms with van der Waals surface area (Å²) in [6, 6.07) is 0. The van der Waals surface area contributed by atoms with Crippen LogP contribution >= 0.6 is 11.6 Å². The first-order valence-electron chi connectivity index (χ1n) is 5.77.